The Morgan fingerprint density at radius 3 is 2.04 bits per heavy atom. The zero-order valence-electron chi connectivity index (χ0n) is 15.9. The standard InChI is InChI=1S/C25H26/c1-16-17(2)24(25(4,5)18(16)3)23-21-14-10-9-13-20(21)15-22(23)19-11-7-6-8-12-19/h6-14H,15H2,1-5H3. The van der Waals surface area contributed by atoms with Crippen LogP contribution >= 0.6 is 0 Å². The van der Waals surface area contributed by atoms with Gasteiger partial charge >= 0.3 is 0 Å². The van der Waals surface area contributed by atoms with Gasteiger partial charge in [-0.15, -0.1) is 0 Å². The van der Waals surface area contributed by atoms with Gasteiger partial charge in [-0.3, -0.25) is 0 Å². The summed E-state index contributed by atoms with van der Waals surface area (Å²) in [4.78, 5) is 0. The van der Waals surface area contributed by atoms with Crippen LogP contribution in [0.25, 0.3) is 11.1 Å². The predicted octanol–water partition coefficient (Wildman–Crippen LogP) is 6.85. The van der Waals surface area contributed by atoms with Crippen LogP contribution in [0.5, 0.6) is 0 Å². The highest BCUT2D eigenvalue weighted by molar-refractivity contribution is 6.05. The van der Waals surface area contributed by atoms with Crippen molar-refractivity contribution in [2.24, 2.45) is 5.41 Å². The minimum Gasteiger partial charge on any atom is -0.0622 e. The van der Waals surface area contributed by atoms with Gasteiger partial charge in [0.15, 0.2) is 0 Å². The van der Waals surface area contributed by atoms with Crippen molar-refractivity contribution in [3.05, 3.63) is 93.6 Å². The average Bonchev–Trinajstić information content (AvgIpc) is 3.06. The van der Waals surface area contributed by atoms with Crippen molar-refractivity contribution in [2.75, 3.05) is 0 Å². The zero-order valence-corrected chi connectivity index (χ0v) is 15.9. The minimum absolute atomic E-state index is 0.0843. The van der Waals surface area contributed by atoms with Gasteiger partial charge in [0.05, 0.1) is 0 Å². The summed E-state index contributed by atoms with van der Waals surface area (Å²) in [6.07, 6.45) is 1.03. The fraction of sp³-hybridized carbons (Fsp3) is 0.280. The Morgan fingerprint density at radius 1 is 0.760 bits per heavy atom. The Morgan fingerprint density at radius 2 is 1.40 bits per heavy atom. The average molecular weight is 326 g/mol. The molecule has 0 fully saturated rings. The maximum Gasteiger partial charge on any atom is 0.0117 e. The van der Waals surface area contributed by atoms with Gasteiger partial charge in [-0.05, 0) is 71.7 Å². The number of hydrogen-bond donors (Lipinski definition) is 0. The van der Waals surface area contributed by atoms with Crippen LogP contribution in [0.15, 0.2) is 76.9 Å². The summed E-state index contributed by atoms with van der Waals surface area (Å²) < 4.78 is 0. The highest BCUT2D eigenvalue weighted by atomic mass is 14.4. The van der Waals surface area contributed by atoms with E-state index < -0.39 is 0 Å². The SMILES string of the molecule is CC1=C(C)C(C)(C)C(C2=C(c3ccccc3)Cc3ccccc32)=C1C. The highest BCUT2D eigenvalue weighted by Gasteiger charge is 2.39. The van der Waals surface area contributed by atoms with E-state index in [9.17, 15) is 0 Å². The molecule has 4 rings (SSSR count). The van der Waals surface area contributed by atoms with E-state index in [0.717, 1.165) is 6.42 Å². The predicted molar refractivity (Wildman–Crippen MR) is 108 cm³/mol. The first kappa shape index (κ1) is 16.1. The van der Waals surface area contributed by atoms with Gasteiger partial charge in [-0.2, -0.15) is 0 Å². The molecule has 0 saturated carbocycles. The Bertz CT molecular complexity index is 947. The molecule has 0 heterocycles. The first-order valence-corrected chi connectivity index (χ1v) is 9.20. The molecule has 0 unspecified atom stereocenters. The Hall–Kier alpha value is -2.34. The summed E-state index contributed by atoms with van der Waals surface area (Å²) in [6, 6.07) is 19.9. The molecule has 2 aliphatic rings. The van der Waals surface area contributed by atoms with Gasteiger partial charge in [-0.25, -0.2) is 0 Å². The molecule has 0 spiro atoms. The Balaban J connectivity index is 2.02. The third-order valence-corrected chi connectivity index (χ3v) is 6.39. The normalized spacial score (nSPS) is 19.1. The van der Waals surface area contributed by atoms with Gasteiger partial charge in [0, 0.05) is 5.41 Å². The molecule has 0 aliphatic heterocycles. The lowest BCUT2D eigenvalue weighted by atomic mass is 9.75. The van der Waals surface area contributed by atoms with E-state index in [4.69, 9.17) is 0 Å². The Labute approximate surface area is 151 Å². The van der Waals surface area contributed by atoms with E-state index in [-0.39, 0.29) is 5.41 Å². The molecule has 2 aromatic rings. The van der Waals surface area contributed by atoms with Crippen molar-refractivity contribution in [3.63, 3.8) is 0 Å². The minimum atomic E-state index is 0.0843. The first-order chi connectivity index (χ1) is 11.9. The van der Waals surface area contributed by atoms with Crippen LogP contribution in [0, 0.1) is 5.41 Å². The second kappa shape index (κ2) is 5.59. The van der Waals surface area contributed by atoms with Crippen LogP contribution in [0.2, 0.25) is 0 Å². The molecule has 0 radical (unpaired) electrons. The summed E-state index contributed by atoms with van der Waals surface area (Å²) in [5.41, 5.74) is 13.2. The molecule has 0 N–H and O–H groups in total. The van der Waals surface area contributed by atoms with Crippen LogP contribution in [0.4, 0.5) is 0 Å². The molecule has 126 valence electrons. The fourth-order valence-electron chi connectivity index (χ4n) is 4.62. The van der Waals surface area contributed by atoms with Gasteiger partial charge in [0.2, 0.25) is 0 Å². The van der Waals surface area contributed by atoms with Crippen LogP contribution in [-0.2, 0) is 6.42 Å². The monoisotopic (exact) mass is 326 g/mol. The molecule has 0 atom stereocenters. The number of rotatable bonds is 2. The third kappa shape index (κ3) is 2.28. The van der Waals surface area contributed by atoms with Crippen molar-refractivity contribution in [1.29, 1.82) is 0 Å². The first-order valence-electron chi connectivity index (χ1n) is 9.20. The number of hydrogen-bond acceptors (Lipinski definition) is 0. The second-order valence-corrected chi connectivity index (χ2v) is 7.93. The Kier molecular flexibility index (Phi) is 3.61. The fourth-order valence-corrected chi connectivity index (χ4v) is 4.62. The van der Waals surface area contributed by atoms with Crippen molar-refractivity contribution in [1.82, 2.24) is 0 Å². The van der Waals surface area contributed by atoms with Gasteiger partial charge < -0.3 is 0 Å². The van der Waals surface area contributed by atoms with Crippen LogP contribution in [0.1, 0.15) is 51.3 Å². The van der Waals surface area contributed by atoms with Crippen molar-refractivity contribution in [3.8, 4) is 0 Å². The quantitative estimate of drug-likeness (QED) is 0.566. The molecule has 0 heteroatoms. The maximum atomic E-state index is 2.38. The molecule has 25 heavy (non-hydrogen) atoms. The largest absolute Gasteiger partial charge is 0.0622 e. The van der Waals surface area contributed by atoms with Crippen LogP contribution < -0.4 is 0 Å². The lowest BCUT2D eigenvalue weighted by Crippen LogP contribution is -2.15. The molecule has 0 aromatic heterocycles. The number of fused-ring (bicyclic) bond motifs is 1. The van der Waals surface area contributed by atoms with Crippen molar-refractivity contribution >= 4 is 11.1 Å². The molecule has 0 amide bonds. The summed E-state index contributed by atoms with van der Waals surface area (Å²) >= 11 is 0. The molecule has 0 saturated heterocycles. The summed E-state index contributed by atoms with van der Waals surface area (Å²) in [5, 5.41) is 0. The van der Waals surface area contributed by atoms with Gasteiger partial charge in [0.25, 0.3) is 0 Å². The molecular formula is C25H26. The lowest BCUT2D eigenvalue weighted by molar-refractivity contribution is 0.564. The van der Waals surface area contributed by atoms with E-state index in [1.54, 1.807) is 0 Å². The topological polar surface area (TPSA) is 0 Å². The van der Waals surface area contributed by atoms with E-state index >= 15 is 0 Å². The molecule has 0 bridgehead atoms. The molecular weight excluding hydrogens is 300 g/mol. The van der Waals surface area contributed by atoms with E-state index in [2.05, 4.69) is 89.2 Å². The van der Waals surface area contributed by atoms with Crippen LogP contribution in [-0.4, -0.2) is 0 Å². The van der Waals surface area contributed by atoms with E-state index in [0.29, 0.717) is 0 Å². The van der Waals surface area contributed by atoms with Crippen molar-refractivity contribution in [2.45, 2.75) is 41.0 Å². The van der Waals surface area contributed by atoms with Gasteiger partial charge in [0.1, 0.15) is 0 Å². The highest BCUT2D eigenvalue weighted by Crippen LogP contribution is 2.55. The number of allylic oxidation sites excluding steroid dienone is 6. The van der Waals surface area contributed by atoms with E-state index in [1.165, 1.54) is 50.1 Å². The van der Waals surface area contributed by atoms with Crippen LogP contribution in [0.3, 0.4) is 0 Å². The van der Waals surface area contributed by atoms with E-state index in [1.807, 2.05) is 0 Å². The second-order valence-electron chi connectivity index (χ2n) is 7.93. The lowest BCUT2D eigenvalue weighted by Gasteiger charge is -2.28. The molecule has 0 nitrogen and oxygen atoms in total. The smallest absolute Gasteiger partial charge is 0.0117 e. The van der Waals surface area contributed by atoms with Crippen molar-refractivity contribution < 1.29 is 0 Å². The number of benzene rings is 2. The zero-order chi connectivity index (χ0) is 17.8. The summed E-state index contributed by atoms with van der Waals surface area (Å²) in [7, 11) is 0. The summed E-state index contributed by atoms with van der Waals surface area (Å²) in [6.45, 7) is 11.7. The third-order valence-electron chi connectivity index (χ3n) is 6.39. The summed E-state index contributed by atoms with van der Waals surface area (Å²) in [5.74, 6) is 0. The maximum absolute atomic E-state index is 2.38. The molecule has 2 aromatic carbocycles. The van der Waals surface area contributed by atoms with Gasteiger partial charge in [-0.1, -0.05) is 74.0 Å². The molecule has 2 aliphatic carbocycles.